The zero-order valence-corrected chi connectivity index (χ0v) is 9.30. The molecule has 2 heteroatoms. The van der Waals surface area contributed by atoms with Gasteiger partial charge < -0.3 is 10.1 Å². The smallest absolute Gasteiger partial charge is 0.0577 e. The first kappa shape index (κ1) is 10.4. The molecule has 0 saturated carbocycles. The molecule has 0 amide bonds. The highest BCUT2D eigenvalue weighted by Gasteiger charge is 2.30. The molecule has 82 valence electrons. The summed E-state index contributed by atoms with van der Waals surface area (Å²) in [6, 6.07) is 0. The average molecular weight is 197 g/mol. The van der Waals surface area contributed by atoms with Gasteiger partial charge in [0.1, 0.15) is 0 Å². The van der Waals surface area contributed by atoms with E-state index in [2.05, 4.69) is 12.2 Å². The SMILES string of the molecule is CCCC1CC(C2CCNC2)CCO1. The lowest BCUT2D eigenvalue weighted by Gasteiger charge is -2.32. The molecule has 0 aliphatic carbocycles. The van der Waals surface area contributed by atoms with Gasteiger partial charge in [0.2, 0.25) is 0 Å². The lowest BCUT2D eigenvalue weighted by molar-refractivity contribution is -0.0246. The molecule has 0 bridgehead atoms. The van der Waals surface area contributed by atoms with E-state index in [-0.39, 0.29) is 0 Å². The number of nitrogens with one attached hydrogen (secondary N) is 1. The lowest BCUT2D eigenvalue weighted by atomic mass is 9.82. The van der Waals surface area contributed by atoms with E-state index in [4.69, 9.17) is 4.74 Å². The van der Waals surface area contributed by atoms with E-state index in [1.807, 2.05) is 0 Å². The molecule has 0 radical (unpaired) electrons. The Morgan fingerprint density at radius 2 is 2.21 bits per heavy atom. The summed E-state index contributed by atoms with van der Waals surface area (Å²) in [7, 11) is 0. The van der Waals surface area contributed by atoms with Gasteiger partial charge in [-0.3, -0.25) is 0 Å². The van der Waals surface area contributed by atoms with Gasteiger partial charge in [-0.15, -0.1) is 0 Å². The van der Waals surface area contributed by atoms with E-state index in [1.165, 1.54) is 45.2 Å². The fraction of sp³-hybridized carbons (Fsp3) is 1.00. The molecule has 2 saturated heterocycles. The van der Waals surface area contributed by atoms with Gasteiger partial charge in [0.05, 0.1) is 6.10 Å². The van der Waals surface area contributed by atoms with Gasteiger partial charge in [-0.25, -0.2) is 0 Å². The molecule has 3 unspecified atom stereocenters. The van der Waals surface area contributed by atoms with Crippen LogP contribution in [0.1, 0.15) is 39.0 Å². The third kappa shape index (κ3) is 2.48. The molecule has 0 aromatic heterocycles. The standard InChI is InChI=1S/C12H23NO/c1-2-3-12-8-10(5-7-14-12)11-4-6-13-9-11/h10-13H,2-9H2,1H3. The van der Waals surface area contributed by atoms with Crippen molar-refractivity contribution in [2.24, 2.45) is 11.8 Å². The molecule has 2 aliphatic rings. The lowest BCUT2D eigenvalue weighted by Crippen LogP contribution is -2.30. The van der Waals surface area contributed by atoms with Crippen molar-refractivity contribution >= 4 is 0 Å². The van der Waals surface area contributed by atoms with Crippen LogP contribution in [0.2, 0.25) is 0 Å². The molecule has 2 fully saturated rings. The number of ether oxygens (including phenoxy) is 1. The first-order chi connectivity index (χ1) is 6.90. The Kier molecular flexibility index (Phi) is 3.82. The van der Waals surface area contributed by atoms with Gasteiger partial charge in [-0.05, 0) is 50.6 Å². The Balaban J connectivity index is 1.80. The highest BCUT2D eigenvalue weighted by Crippen LogP contribution is 2.31. The number of hydrogen-bond donors (Lipinski definition) is 1. The minimum Gasteiger partial charge on any atom is -0.378 e. The topological polar surface area (TPSA) is 21.3 Å². The maximum absolute atomic E-state index is 5.79. The average Bonchev–Trinajstić information content (AvgIpc) is 2.71. The summed E-state index contributed by atoms with van der Waals surface area (Å²) in [5, 5.41) is 3.48. The van der Waals surface area contributed by atoms with Crippen LogP contribution in [-0.4, -0.2) is 25.8 Å². The zero-order valence-electron chi connectivity index (χ0n) is 9.30. The predicted molar refractivity (Wildman–Crippen MR) is 58.3 cm³/mol. The summed E-state index contributed by atoms with van der Waals surface area (Å²) in [4.78, 5) is 0. The van der Waals surface area contributed by atoms with Crippen molar-refractivity contribution in [3.63, 3.8) is 0 Å². The predicted octanol–water partition coefficient (Wildman–Crippen LogP) is 2.19. The Morgan fingerprint density at radius 1 is 1.29 bits per heavy atom. The van der Waals surface area contributed by atoms with Crippen molar-refractivity contribution in [3.8, 4) is 0 Å². The molecule has 2 heterocycles. The molecule has 1 N–H and O–H groups in total. The molecule has 0 aromatic carbocycles. The molecule has 2 aliphatic heterocycles. The van der Waals surface area contributed by atoms with Crippen LogP contribution >= 0.6 is 0 Å². The van der Waals surface area contributed by atoms with Crippen LogP contribution in [0.25, 0.3) is 0 Å². The summed E-state index contributed by atoms with van der Waals surface area (Å²) < 4.78 is 5.79. The highest BCUT2D eigenvalue weighted by molar-refractivity contribution is 4.82. The second-order valence-electron chi connectivity index (χ2n) is 4.82. The fourth-order valence-electron chi connectivity index (χ4n) is 2.94. The van der Waals surface area contributed by atoms with Crippen molar-refractivity contribution in [1.82, 2.24) is 5.32 Å². The third-order valence-corrected chi connectivity index (χ3v) is 3.78. The van der Waals surface area contributed by atoms with Crippen LogP contribution < -0.4 is 5.32 Å². The Hall–Kier alpha value is -0.0800. The number of hydrogen-bond acceptors (Lipinski definition) is 2. The molecular formula is C12H23NO. The zero-order chi connectivity index (χ0) is 9.80. The second kappa shape index (κ2) is 5.13. The minimum atomic E-state index is 0.569. The molecule has 3 atom stereocenters. The molecule has 2 rings (SSSR count). The first-order valence-corrected chi connectivity index (χ1v) is 6.22. The van der Waals surface area contributed by atoms with Crippen molar-refractivity contribution in [2.45, 2.75) is 45.1 Å². The van der Waals surface area contributed by atoms with Gasteiger partial charge in [0, 0.05) is 6.61 Å². The van der Waals surface area contributed by atoms with Crippen molar-refractivity contribution in [2.75, 3.05) is 19.7 Å². The summed E-state index contributed by atoms with van der Waals surface area (Å²) >= 11 is 0. The van der Waals surface area contributed by atoms with Crippen molar-refractivity contribution < 1.29 is 4.74 Å². The number of rotatable bonds is 3. The van der Waals surface area contributed by atoms with Crippen LogP contribution in [0, 0.1) is 11.8 Å². The van der Waals surface area contributed by atoms with E-state index >= 15 is 0 Å². The summed E-state index contributed by atoms with van der Waals surface area (Å²) in [6.07, 6.45) is 7.10. The van der Waals surface area contributed by atoms with E-state index in [9.17, 15) is 0 Å². The highest BCUT2D eigenvalue weighted by atomic mass is 16.5. The van der Waals surface area contributed by atoms with Gasteiger partial charge in [0.15, 0.2) is 0 Å². The van der Waals surface area contributed by atoms with Crippen LogP contribution in [0.3, 0.4) is 0 Å². The molecule has 2 nitrogen and oxygen atoms in total. The van der Waals surface area contributed by atoms with E-state index in [1.54, 1.807) is 0 Å². The van der Waals surface area contributed by atoms with Gasteiger partial charge in [-0.1, -0.05) is 13.3 Å². The monoisotopic (exact) mass is 197 g/mol. The molecule has 14 heavy (non-hydrogen) atoms. The molecule has 0 aromatic rings. The first-order valence-electron chi connectivity index (χ1n) is 6.22. The van der Waals surface area contributed by atoms with Crippen LogP contribution in [0.5, 0.6) is 0 Å². The molecular weight excluding hydrogens is 174 g/mol. The van der Waals surface area contributed by atoms with Crippen molar-refractivity contribution in [3.05, 3.63) is 0 Å². The Bertz CT molecular complexity index is 164. The summed E-state index contributed by atoms with van der Waals surface area (Å²) in [6.45, 7) is 5.75. The van der Waals surface area contributed by atoms with Crippen LogP contribution in [-0.2, 0) is 4.74 Å². The summed E-state index contributed by atoms with van der Waals surface area (Å²) in [5.74, 6) is 1.88. The Labute approximate surface area is 87.4 Å². The quantitative estimate of drug-likeness (QED) is 0.749. The third-order valence-electron chi connectivity index (χ3n) is 3.78. The molecule has 0 spiro atoms. The van der Waals surface area contributed by atoms with E-state index in [0.717, 1.165) is 18.4 Å². The van der Waals surface area contributed by atoms with E-state index in [0.29, 0.717) is 6.10 Å². The largest absolute Gasteiger partial charge is 0.378 e. The normalized spacial score (nSPS) is 38.8. The van der Waals surface area contributed by atoms with Crippen LogP contribution in [0.15, 0.2) is 0 Å². The van der Waals surface area contributed by atoms with Gasteiger partial charge in [-0.2, -0.15) is 0 Å². The minimum absolute atomic E-state index is 0.569. The van der Waals surface area contributed by atoms with Gasteiger partial charge in [0.25, 0.3) is 0 Å². The van der Waals surface area contributed by atoms with Crippen LogP contribution in [0.4, 0.5) is 0 Å². The van der Waals surface area contributed by atoms with E-state index < -0.39 is 0 Å². The maximum Gasteiger partial charge on any atom is 0.0577 e. The summed E-state index contributed by atoms with van der Waals surface area (Å²) in [5.41, 5.74) is 0. The second-order valence-corrected chi connectivity index (χ2v) is 4.82. The van der Waals surface area contributed by atoms with Crippen molar-refractivity contribution in [1.29, 1.82) is 0 Å². The fourth-order valence-corrected chi connectivity index (χ4v) is 2.94. The maximum atomic E-state index is 5.79. The van der Waals surface area contributed by atoms with Gasteiger partial charge >= 0.3 is 0 Å². The Morgan fingerprint density at radius 3 is 2.93 bits per heavy atom.